The number of fused-ring (bicyclic) bond motifs is 3. The summed E-state index contributed by atoms with van der Waals surface area (Å²) in [6, 6.07) is 16.6. The average molecular weight is 516 g/mol. The molecule has 0 radical (unpaired) electrons. The number of carbonyl (C=O) groups is 1. The van der Waals surface area contributed by atoms with E-state index in [2.05, 4.69) is 32.8 Å². The average Bonchev–Trinajstić information content (AvgIpc) is 3.52. The molecule has 1 unspecified atom stereocenters. The number of anilines is 2. The van der Waals surface area contributed by atoms with Crippen molar-refractivity contribution in [2.75, 3.05) is 16.6 Å². The lowest BCUT2D eigenvalue weighted by Gasteiger charge is -2.33. The van der Waals surface area contributed by atoms with Crippen LogP contribution >= 0.6 is 0 Å². The van der Waals surface area contributed by atoms with Gasteiger partial charge in [-0.15, -0.1) is 0 Å². The van der Waals surface area contributed by atoms with Gasteiger partial charge in [0.15, 0.2) is 11.0 Å². The van der Waals surface area contributed by atoms with Crippen LogP contribution in [0.1, 0.15) is 24.1 Å². The van der Waals surface area contributed by atoms with Crippen molar-refractivity contribution in [2.24, 2.45) is 5.92 Å². The molecule has 2 aliphatic rings. The van der Waals surface area contributed by atoms with Crippen molar-refractivity contribution in [1.82, 2.24) is 14.8 Å². The number of allylic oxidation sites excluding steroid dienone is 1. The summed E-state index contributed by atoms with van der Waals surface area (Å²) in [4.78, 5) is 17.9. The van der Waals surface area contributed by atoms with Gasteiger partial charge < -0.3 is 15.7 Å². The summed E-state index contributed by atoms with van der Waals surface area (Å²) < 4.78 is 26.4. The lowest BCUT2D eigenvalue weighted by atomic mass is 9.87. The van der Waals surface area contributed by atoms with Crippen molar-refractivity contribution in [3.05, 3.63) is 89.4 Å². The number of aromatic nitrogens is 3. The number of hydrogen-bond acceptors (Lipinski definition) is 7. The molecule has 188 valence electrons. The Balaban J connectivity index is 1.40. The molecule has 3 heterocycles. The minimum absolute atomic E-state index is 0.0128. The summed E-state index contributed by atoms with van der Waals surface area (Å²) in [7, 11) is -3.96. The molecule has 2 aromatic heterocycles. The minimum Gasteiger partial charge on any atom is -0.380 e. The summed E-state index contributed by atoms with van der Waals surface area (Å²) in [5, 5.41) is 21.7. The third-order valence-corrected chi connectivity index (χ3v) is 8.33. The SMILES string of the molecule is CC1=C(C(=O)Nc2ccc3cnccc3c2)C(C2Cc3ccccc3C2)n2nc(S(=O)(=O)CO)cc2N1. The molecule has 9 nitrogen and oxygen atoms in total. The molecule has 37 heavy (non-hydrogen) atoms. The van der Waals surface area contributed by atoms with Gasteiger partial charge in [0.1, 0.15) is 5.82 Å². The van der Waals surface area contributed by atoms with Crippen molar-refractivity contribution >= 4 is 38.0 Å². The Labute approximate surface area is 213 Å². The zero-order valence-electron chi connectivity index (χ0n) is 20.0. The van der Waals surface area contributed by atoms with Gasteiger partial charge in [-0.25, -0.2) is 13.1 Å². The molecule has 1 atom stereocenters. The highest BCUT2D eigenvalue weighted by molar-refractivity contribution is 7.91. The number of aliphatic hydroxyl groups is 1. The summed E-state index contributed by atoms with van der Waals surface area (Å²) in [6.07, 6.45) is 4.94. The Morgan fingerprint density at radius 2 is 1.86 bits per heavy atom. The third kappa shape index (κ3) is 4.08. The van der Waals surface area contributed by atoms with E-state index in [9.17, 15) is 18.3 Å². The molecule has 0 saturated carbocycles. The van der Waals surface area contributed by atoms with E-state index in [-0.39, 0.29) is 16.9 Å². The normalized spacial score (nSPS) is 17.4. The van der Waals surface area contributed by atoms with E-state index in [1.165, 1.54) is 17.2 Å². The molecule has 0 saturated heterocycles. The second-order valence-electron chi connectivity index (χ2n) is 9.49. The highest BCUT2D eigenvalue weighted by Gasteiger charge is 2.40. The fourth-order valence-corrected chi connectivity index (χ4v) is 6.05. The van der Waals surface area contributed by atoms with Crippen LogP contribution < -0.4 is 10.6 Å². The molecule has 1 aliphatic heterocycles. The van der Waals surface area contributed by atoms with E-state index in [1.807, 2.05) is 43.3 Å². The van der Waals surface area contributed by atoms with Crippen molar-refractivity contribution in [2.45, 2.75) is 30.8 Å². The van der Waals surface area contributed by atoms with E-state index in [1.54, 1.807) is 17.1 Å². The number of sulfone groups is 1. The highest BCUT2D eigenvalue weighted by atomic mass is 32.2. The summed E-state index contributed by atoms with van der Waals surface area (Å²) >= 11 is 0. The zero-order valence-corrected chi connectivity index (χ0v) is 20.9. The second kappa shape index (κ2) is 8.82. The zero-order chi connectivity index (χ0) is 25.7. The molecule has 4 aromatic rings. The topological polar surface area (TPSA) is 126 Å². The number of hydrogen-bond donors (Lipinski definition) is 3. The summed E-state index contributed by atoms with van der Waals surface area (Å²) in [5.74, 6) is -0.867. The largest absolute Gasteiger partial charge is 0.380 e. The van der Waals surface area contributed by atoms with Gasteiger partial charge in [0.25, 0.3) is 5.91 Å². The van der Waals surface area contributed by atoms with Gasteiger partial charge in [-0.05, 0) is 60.4 Å². The van der Waals surface area contributed by atoms with Gasteiger partial charge >= 0.3 is 0 Å². The Morgan fingerprint density at radius 3 is 2.59 bits per heavy atom. The number of rotatable bonds is 5. The number of amides is 1. The van der Waals surface area contributed by atoms with E-state index in [0.29, 0.717) is 22.8 Å². The molecule has 0 bridgehead atoms. The van der Waals surface area contributed by atoms with Crippen LogP contribution in [0.25, 0.3) is 10.8 Å². The predicted molar refractivity (Wildman–Crippen MR) is 140 cm³/mol. The van der Waals surface area contributed by atoms with Gasteiger partial charge in [-0.3, -0.25) is 9.78 Å². The maximum Gasteiger partial charge on any atom is 0.255 e. The molecular formula is C27H25N5O4S. The minimum atomic E-state index is -3.96. The molecule has 10 heteroatoms. The summed E-state index contributed by atoms with van der Waals surface area (Å²) in [5.41, 5.74) is 4.19. The number of pyridine rings is 1. The van der Waals surface area contributed by atoms with Crippen LogP contribution in [0.3, 0.4) is 0 Å². The first-order valence-electron chi connectivity index (χ1n) is 12.0. The molecular weight excluding hydrogens is 490 g/mol. The Kier molecular flexibility index (Phi) is 5.58. The van der Waals surface area contributed by atoms with E-state index in [0.717, 1.165) is 23.6 Å². The lowest BCUT2D eigenvalue weighted by molar-refractivity contribution is -0.113. The number of benzene rings is 2. The van der Waals surface area contributed by atoms with Gasteiger partial charge in [0, 0.05) is 35.2 Å². The van der Waals surface area contributed by atoms with Crippen LogP contribution in [0, 0.1) is 5.92 Å². The van der Waals surface area contributed by atoms with Gasteiger partial charge in [0.2, 0.25) is 9.84 Å². The molecule has 2 aromatic carbocycles. The van der Waals surface area contributed by atoms with Crippen molar-refractivity contribution in [1.29, 1.82) is 0 Å². The number of aliphatic hydroxyl groups excluding tert-OH is 1. The quantitative estimate of drug-likeness (QED) is 0.372. The Bertz CT molecular complexity index is 1670. The van der Waals surface area contributed by atoms with Crippen molar-refractivity contribution in [3.63, 3.8) is 0 Å². The van der Waals surface area contributed by atoms with Crippen LogP contribution in [0.5, 0.6) is 0 Å². The predicted octanol–water partition coefficient (Wildman–Crippen LogP) is 3.45. The fraction of sp³-hybridized carbons (Fsp3) is 0.222. The lowest BCUT2D eigenvalue weighted by Crippen LogP contribution is -2.35. The molecule has 0 spiro atoms. The first kappa shape index (κ1) is 23.4. The number of nitrogens with zero attached hydrogens (tertiary/aromatic N) is 3. The van der Waals surface area contributed by atoms with Crippen LogP contribution in [0.4, 0.5) is 11.5 Å². The van der Waals surface area contributed by atoms with E-state index in [4.69, 9.17) is 0 Å². The smallest absolute Gasteiger partial charge is 0.255 e. The second-order valence-corrected chi connectivity index (χ2v) is 11.4. The van der Waals surface area contributed by atoms with Crippen LogP contribution in [-0.4, -0.2) is 40.1 Å². The third-order valence-electron chi connectivity index (χ3n) is 7.15. The number of carbonyl (C=O) groups excluding carboxylic acids is 1. The molecule has 6 rings (SSSR count). The summed E-state index contributed by atoms with van der Waals surface area (Å²) in [6.45, 7) is 1.81. The highest BCUT2D eigenvalue weighted by Crippen LogP contribution is 2.43. The van der Waals surface area contributed by atoms with E-state index < -0.39 is 21.8 Å². The molecule has 1 amide bonds. The molecule has 1 aliphatic carbocycles. The molecule has 3 N–H and O–H groups in total. The van der Waals surface area contributed by atoms with Crippen molar-refractivity contribution in [3.8, 4) is 0 Å². The first-order valence-corrected chi connectivity index (χ1v) is 13.6. The standard InChI is InChI=1S/C27H25N5O4S/c1-16-25(27(34)30-22-7-6-20-14-28-9-8-19(20)12-22)26(21-10-17-4-2-3-5-18(17)11-21)32-23(29-16)13-24(31-32)37(35,36)15-33/h2-9,12-14,21,26,29,33H,10-11,15H2,1H3,(H,30,34). The fourth-order valence-electron chi connectivity index (χ4n) is 5.41. The first-order chi connectivity index (χ1) is 17.8. The van der Waals surface area contributed by atoms with Crippen LogP contribution in [-0.2, 0) is 27.5 Å². The van der Waals surface area contributed by atoms with Crippen LogP contribution in [0.2, 0.25) is 0 Å². The van der Waals surface area contributed by atoms with Gasteiger partial charge in [0.05, 0.1) is 11.6 Å². The van der Waals surface area contributed by atoms with Gasteiger partial charge in [-0.1, -0.05) is 30.3 Å². The van der Waals surface area contributed by atoms with E-state index >= 15 is 0 Å². The Hall–Kier alpha value is -4.02. The number of nitrogens with one attached hydrogen (secondary N) is 2. The van der Waals surface area contributed by atoms with Gasteiger partial charge in [-0.2, -0.15) is 5.10 Å². The van der Waals surface area contributed by atoms with Crippen LogP contribution in [0.15, 0.2) is 83.3 Å². The maximum absolute atomic E-state index is 13.8. The Morgan fingerprint density at radius 1 is 1.11 bits per heavy atom. The monoisotopic (exact) mass is 515 g/mol. The molecule has 0 fully saturated rings. The van der Waals surface area contributed by atoms with Crippen molar-refractivity contribution < 1.29 is 18.3 Å². The maximum atomic E-state index is 13.8.